The third-order valence-corrected chi connectivity index (χ3v) is 3.44. The van der Waals surface area contributed by atoms with E-state index in [1.165, 1.54) is 18.3 Å². The molecule has 1 aromatic carbocycles. The molecule has 5 nitrogen and oxygen atoms in total. The van der Waals surface area contributed by atoms with Crippen molar-refractivity contribution in [1.82, 2.24) is 4.98 Å². The van der Waals surface area contributed by atoms with Crippen LogP contribution in [0.2, 0.25) is 5.02 Å². The van der Waals surface area contributed by atoms with E-state index in [0.717, 1.165) is 0 Å². The molecule has 2 N–H and O–H groups in total. The van der Waals surface area contributed by atoms with E-state index in [9.17, 15) is 13.5 Å². The first kappa shape index (κ1) is 12.3. The summed E-state index contributed by atoms with van der Waals surface area (Å²) in [5.74, 6) is 0. The molecule has 0 aliphatic carbocycles. The molecule has 1 atom stereocenters. The average Bonchev–Trinajstić information content (AvgIpc) is 2.28. The first-order valence-electron chi connectivity index (χ1n) is 4.59. The fourth-order valence-electron chi connectivity index (χ4n) is 1.52. The van der Waals surface area contributed by atoms with Crippen molar-refractivity contribution in [1.29, 1.82) is 0 Å². The molecule has 0 saturated carbocycles. The summed E-state index contributed by atoms with van der Waals surface area (Å²) in [5, 5.41) is 10.4. The predicted molar refractivity (Wildman–Crippen MR) is 63.3 cm³/mol. The summed E-state index contributed by atoms with van der Waals surface area (Å²) in [7, 11) is -4.59. The van der Waals surface area contributed by atoms with Gasteiger partial charge in [0.2, 0.25) is 5.44 Å². The maximum atomic E-state index is 10.9. The Labute approximate surface area is 102 Å². The fourth-order valence-corrected chi connectivity index (χ4v) is 2.25. The number of fused-ring (bicyclic) bond motifs is 1. The largest absolute Gasteiger partial charge is 0.371 e. The zero-order chi connectivity index (χ0) is 12.6. The third-order valence-electron chi connectivity index (χ3n) is 2.30. The van der Waals surface area contributed by atoms with Gasteiger partial charge in [0.1, 0.15) is 0 Å². The Bertz CT molecular complexity index is 671. The number of halogens is 1. The van der Waals surface area contributed by atoms with E-state index < -0.39 is 15.6 Å². The highest BCUT2D eigenvalue weighted by atomic mass is 35.5. The summed E-state index contributed by atoms with van der Waals surface area (Å²) in [6.45, 7) is 0. The number of benzene rings is 1. The number of nitrogens with zero attached hydrogens (tertiary/aromatic N) is 1. The molecule has 1 heterocycles. The van der Waals surface area contributed by atoms with Gasteiger partial charge in [-0.05, 0) is 18.2 Å². The first-order valence-corrected chi connectivity index (χ1v) is 6.47. The van der Waals surface area contributed by atoms with Gasteiger partial charge in [-0.25, -0.2) is 0 Å². The van der Waals surface area contributed by atoms with Crippen LogP contribution in [-0.4, -0.2) is 23.1 Å². The van der Waals surface area contributed by atoms with Gasteiger partial charge in [-0.15, -0.1) is 0 Å². The van der Waals surface area contributed by atoms with Crippen molar-refractivity contribution in [2.45, 2.75) is 5.44 Å². The Morgan fingerprint density at radius 1 is 1.29 bits per heavy atom. The molecule has 0 spiro atoms. The van der Waals surface area contributed by atoms with E-state index in [4.69, 9.17) is 16.2 Å². The van der Waals surface area contributed by atoms with Gasteiger partial charge in [-0.1, -0.05) is 17.7 Å². The van der Waals surface area contributed by atoms with E-state index in [1.807, 2.05) is 0 Å². The number of rotatable bonds is 2. The maximum absolute atomic E-state index is 10.9. The molecule has 2 aromatic rings. The molecule has 0 saturated heterocycles. The fraction of sp³-hybridized carbons (Fsp3) is 0.100. The quantitative estimate of drug-likeness (QED) is 0.814. The Balaban J connectivity index is 2.76. The van der Waals surface area contributed by atoms with Crippen molar-refractivity contribution >= 4 is 32.6 Å². The van der Waals surface area contributed by atoms with Gasteiger partial charge >= 0.3 is 0 Å². The zero-order valence-corrected chi connectivity index (χ0v) is 9.98. The highest BCUT2D eigenvalue weighted by Gasteiger charge is 2.24. The van der Waals surface area contributed by atoms with Gasteiger partial charge in [0.15, 0.2) is 0 Å². The molecule has 2 rings (SSSR count). The number of aliphatic hydroxyl groups is 1. The molecule has 17 heavy (non-hydrogen) atoms. The normalized spacial score (nSPS) is 13.8. The summed E-state index contributed by atoms with van der Waals surface area (Å²) in [6, 6.07) is 6.04. The number of aromatic nitrogens is 1. The molecule has 0 bridgehead atoms. The van der Waals surface area contributed by atoms with Crippen LogP contribution >= 0.6 is 11.6 Å². The molecule has 0 aliphatic heterocycles. The lowest BCUT2D eigenvalue weighted by Gasteiger charge is -2.10. The van der Waals surface area contributed by atoms with Crippen molar-refractivity contribution in [2.24, 2.45) is 0 Å². The lowest BCUT2D eigenvalue weighted by Crippen LogP contribution is -2.12. The van der Waals surface area contributed by atoms with Crippen LogP contribution in [0.5, 0.6) is 0 Å². The SMILES string of the molecule is O=S(=O)(O)C(O)c1ccc(Cl)c2cccnc12. The van der Waals surface area contributed by atoms with Crippen LogP contribution in [0.1, 0.15) is 11.0 Å². The van der Waals surface area contributed by atoms with E-state index in [0.29, 0.717) is 10.4 Å². The summed E-state index contributed by atoms with van der Waals surface area (Å²) < 4.78 is 30.6. The minimum absolute atomic E-state index is 0.00694. The van der Waals surface area contributed by atoms with Crippen LogP contribution in [0.25, 0.3) is 10.9 Å². The predicted octanol–water partition coefficient (Wildman–Crippen LogP) is 1.77. The number of hydrogen-bond acceptors (Lipinski definition) is 4. The average molecular weight is 274 g/mol. The lowest BCUT2D eigenvalue weighted by atomic mass is 10.1. The Hall–Kier alpha value is -1.21. The minimum Gasteiger partial charge on any atom is -0.371 e. The monoisotopic (exact) mass is 273 g/mol. The van der Waals surface area contributed by atoms with Crippen molar-refractivity contribution in [3.8, 4) is 0 Å². The van der Waals surface area contributed by atoms with Crippen molar-refractivity contribution in [3.05, 3.63) is 41.0 Å². The summed E-state index contributed by atoms with van der Waals surface area (Å²) in [5.41, 5.74) is -1.80. The topological polar surface area (TPSA) is 87.5 Å². The Morgan fingerprint density at radius 3 is 2.65 bits per heavy atom. The molecule has 90 valence electrons. The van der Waals surface area contributed by atoms with Crippen LogP contribution in [0.3, 0.4) is 0 Å². The molecule has 0 aliphatic rings. The van der Waals surface area contributed by atoms with Gasteiger partial charge in [0.25, 0.3) is 10.1 Å². The number of pyridine rings is 1. The lowest BCUT2D eigenvalue weighted by molar-refractivity contribution is 0.239. The third kappa shape index (κ3) is 2.25. The van der Waals surface area contributed by atoms with Gasteiger partial charge < -0.3 is 5.11 Å². The molecule has 1 aromatic heterocycles. The summed E-state index contributed by atoms with van der Waals surface area (Å²) in [4.78, 5) is 3.96. The van der Waals surface area contributed by atoms with E-state index in [-0.39, 0.29) is 11.1 Å². The molecular formula is C10H8ClNO4S. The van der Waals surface area contributed by atoms with Crippen LogP contribution in [-0.2, 0) is 10.1 Å². The molecule has 1 unspecified atom stereocenters. The van der Waals surface area contributed by atoms with E-state index in [2.05, 4.69) is 4.98 Å². The van der Waals surface area contributed by atoms with Crippen molar-refractivity contribution in [3.63, 3.8) is 0 Å². The highest BCUT2D eigenvalue weighted by Crippen LogP contribution is 2.30. The highest BCUT2D eigenvalue weighted by molar-refractivity contribution is 7.85. The van der Waals surface area contributed by atoms with Crippen LogP contribution in [0.4, 0.5) is 0 Å². The minimum atomic E-state index is -4.59. The molecule has 7 heteroatoms. The van der Waals surface area contributed by atoms with Crippen LogP contribution < -0.4 is 0 Å². The van der Waals surface area contributed by atoms with E-state index >= 15 is 0 Å². The van der Waals surface area contributed by atoms with Crippen LogP contribution in [0, 0.1) is 0 Å². The second kappa shape index (κ2) is 4.23. The van der Waals surface area contributed by atoms with Crippen molar-refractivity contribution < 1.29 is 18.1 Å². The van der Waals surface area contributed by atoms with Gasteiger partial charge in [-0.3, -0.25) is 9.54 Å². The molecule has 0 fully saturated rings. The second-order valence-corrected chi connectivity index (χ2v) is 5.29. The Morgan fingerprint density at radius 2 is 2.00 bits per heavy atom. The van der Waals surface area contributed by atoms with Crippen LogP contribution in [0.15, 0.2) is 30.5 Å². The number of aliphatic hydroxyl groups excluding tert-OH is 1. The molecule has 0 radical (unpaired) electrons. The second-order valence-electron chi connectivity index (χ2n) is 3.40. The van der Waals surface area contributed by atoms with Crippen molar-refractivity contribution in [2.75, 3.05) is 0 Å². The number of hydrogen-bond donors (Lipinski definition) is 2. The van der Waals surface area contributed by atoms with E-state index in [1.54, 1.807) is 12.1 Å². The van der Waals surface area contributed by atoms with Gasteiger partial charge in [-0.2, -0.15) is 8.42 Å². The maximum Gasteiger partial charge on any atom is 0.296 e. The zero-order valence-electron chi connectivity index (χ0n) is 8.41. The summed E-state index contributed by atoms with van der Waals surface area (Å²) >= 11 is 5.91. The summed E-state index contributed by atoms with van der Waals surface area (Å²) in [6.07, 6.45) is 1.44. The molecular weight excluding hydrogens is 266 g/mol. The standard InChI is InChI=1S/C10H8ClNO4S/c11-8-4-3-7(10(13)17(14,15)16)9-6(8)2-1-5-12-9/h1-5,10,13H,(H,14,15,16). The van der Waals surface area contributed by atoms with Gasteiger partial charge in [0, 0.05) is 22.2 Å². The Kier molecular flexibility index (Phi) is 3.05. The van der Waals surface area contributed by atoms with Gasteiger partial charge in [0.05, 0.1) is 5.52 Å². The smallest absolute Gasteiger partial charge is 0.296 e. The first-order chi connectivity index (χ1) is 7.91. The molecule has 0 amide bonds.